The molecule has 8 heteroatoms. The number of ether oxygens (including phenoxy) is 1. The Morgan fingerprint density at radius 3 is 2.23 bits per heavy atom. The molecule has 3 rings (SSSR count). The molecule has 3 fully saturated rings. The molecule has 26 heavy (non-hydrogen) atoms. The quantitative estimate of drug-likeness (QED) is 0.699. The van der Waals surface area contributed by atoms with Gasteiger partial charge in [0.25, 0.3) is 0 Å². The SMILES string of the molecule is CS(=O)(=O)N1CCC(N(CCNC(=O)C2CCC2)C2CCOCC2)CC1. The van der Waals surface area contributed by atoms with E-state index in [9.17, 15) is 13.2 Å². The topological polar surface area (TPSA) is 79.0 Å². The number of amides is 1. The van der Waals surface area contributed by atoms with Gasteiger partial charge in [0.1, 0.15) is 0 Å². The molecule has 0 aromatic carbocycles. The number of nitrogens with one attached hydrogen (secondary N) is 1. The summed E-state index contributed by atoms with van der Waals surface area (Å²) in [7, 11) is -3.10. The lowest BCUT2D eigenvalue weighted by atomic mass is 9.85. The maximum atomic E-state index is 12.1. The molecule has 0 spiro atoms. The lowest BCUT2D eigenvalue weighted by molar-refractivity contribution is -0.127. The van der Waals surface area contributed by atoms with Crippen LogP contribution in [-0.4, -0.2) is 81.3 Å². The van der Waals surface area contributed by atoms with Crippen LogP contribution in [0.2, 0.25) is 0 Å². The Labute approximate surface area is 157 Å². The standard InChI is InChI=1S/C18H33N3O4S/c1-26(23,24)20-10-5-16(6-11-20)21(17-7-13-25-14-8-17)12-9-19-18(22)15-3-2-4-15/h15-17H,2-14H2,1H3,(H,19,22). The summed E-state index contributed by atoms with van der Waals surface area (Å²) in [5.41, 5.74) is 0. The van der Waals surface area contributed by atoms with E-state index < -0.39 is 10.0 Å². The number of nitrogens with zero attached hydrogens (tertiary/aromatic N) is 2. The van der Waals surface area contributed by atoms with Crippen molar-refractivity contribution in [2.45, 2.75) is 57.0 Å². The molecule has 0 radical (unpaired) electrons. The van der Waals surface area contributed by atoms with Crippen molar-refractivity contribution in [1.29, 1.82) is 0 Å². The zero-order chi connectivity index (χ0) is 18.6. The van der Waals surface area contributed by atoms with Crippen molar-refractivity contribution >= 4 is 15.9 Å². The molecule has 1 aliphatic carbocycles. The minimum absolute atomic E-state index is 0.204. The van der Waals surface area contributed by atoms with E-state index in [4.69, 9.17) is 4.74 Å². The van der Waals surface area contributed by atoms with Crippen LogP contribution in [-0.2, 0) is 19.6 Å². The third-order valence-electron chi connectivity index (χ3n) is 6.17. The summed E-state index contributed by atoms with van der Waals surface area (Å²) in [6.45, 7) is 4.29. The van der Waals surface area contributed by atoms with E-state index in [-0.39, 0.29) is 11.8 Å². The number of rotatable bonds is 7. The molecule has 1 saturated carbocycles. The maximum absolute atomic E-state index is 12.1. The number of carbonyl (C=O) groups excluding carboxylic acids is 1. The lowest BCUT2D eigenvalue weighted by Crippen LogP contribution is -2.53. The summed E-state index contributed by atoms with van der Waals surface area (Å²) >= 11 is 0. The fourth-order valence-corrected chi connectivity index (χ4v) is 5.18. The summed E-state index contributed by atoms with van der Waals surface area (Å²) in [4.78, 5) is 14.6. The molecule has 3 aliphatic rings. The molecule has 7 nitrogen and oxygen atoms in total. The lowest BCUT2D eigenvalue weighted by Gasteiger charge is -2.43. The number of hydrogen-bond acceptors (Lipinski definition) is 5. The van der Waals surface area contributed by atoms with Crippen LogP contribution in [0.25, 0.3) is 0 Å². The fraction of sp³-hybridized carbons (Fsp3) is 0.944. The first-order valence-electron chi connectivity index (χ1n) is 10.0. The van der Waals surface area contributed by atoms with E-state index >= 15 is 0 Å². The normalized spacial score (nSPS) is 24.5. The Morgan fingerprint density at radius 2 is 1.69 bits per heavy atom. The smallest absolute Gasteiger partial charge is 0.223 e. The van der Waals surface area contributed by atoms with Crippen molar-refractivity contribution in [3.8, 4) is 0 Å². The van der Waals surface area contributed by atoms with Gasteiger partial charge in [0.15, 0.2) is 0 Å². The molecule has 0 aromatic rings. The summed E-state index contributed by atoms with van der Waals surface area (Å²) in [6, 6.07) is 0.857. The monoisotopic (exact) mass is 387 g/mol. The largest absolute Gasteiger partial charge is 0.381 e. The first-order chi connectivity index (χ1) is 12.4. The van der Waals surface area contributed by atoms with E-state index in [0.29, 0.717) is 31.7 Å². The fourth-order valence-electron chi connectivity index (χ4n) is 4.31. The van der Waals surface area contributed by atoms with Crippen molar-refractivity contribution in [1.82, 2.24) is 14.5 Å². The van der Waals surface area contributed by atoms with Crippen molar-refractivity contribution < 1.29 is 17.9 Å². The molecule has 1 N–H and O–H groups in total. The van der Waals surface area contributed by atoms with Crippen molar-refractivity contribution in [3.63, 3.8) is 0 Å². The third kappa shape index (κ3) is 5.18. The van der Waals surface area contributed by atoms with Gasteiger partial charge in [-0.1, -0.05) is 6.42 Å². The molecular formula is C18H33N3O4S. The highest BCUT2D eigenvalue weighted by atomic mass is 32.2. The third-order valence-corrected chi connectivity index (χ3v) is 7.47. The van der Waals surface area contributed by atoms with Gasteiger partial charge in [0.05, 0.1) is 6.26 Å². The molecule has 0 unspecified atom stereocenters. The predicted octanol–water partition coefficient (Wildman–Crippen LogP) is 0.808. The number of sulfonamides is 1. The van der Waals surface area contributed by atoms with Gasteiger partial charge in [-0.2, -0.15) is 0 Å². The molecule has 2 saturated heterocycles. The van der Waals surface area contributed by atoms with Gasteiger partial charge in [-0.25, -0.2) is 12.7 Å². The van der Waals surface area contributed by atoms with Gasteiger partial charge in [0, 0.05) is 57.4 Å². The van der Waals surface area contributed by atoms with Gasteiger partial charge in [-0.05, 0) is 38.5 Å². The van der Waals surface area contributed by atoms with Crippen LogP contribution in [0.1, 0.15) is 44.9 Å². The zero-order valence-electron chi connectivity index (χ0n) is 15.9. The first-order valence-corrected chi connectivity index (χ1v) is 11.9. The average Bonchev–Trinajstić information content (AvgIpc) is 2.57. The molecule has 0 aromatic heterocycles. The van der Waals surface area contributed by atoms with Gasteiger partial charge in [0.2, 0.25) is 15.9 Å². The highest BCUT2D eigenvalue weighted by molar-refractivity contribution is 7.88. The van der Waals surface area contributed by atoms with E-state index in [0.717, 1.165) is 58.3 Å². The Kier molecular flexibility index (Phi) is 6.93. The van der Waals surface area contributed by atoms with E-state index in [1.54, 1.807) is 4.31 Å². The summed E-state index contributed by atoms with van der Waals surface area (Å²) in [5.74, 6) is 0.430. The van der Waals surface area contributed by atoms with Gasteiger partial charge in [-0.3, -0.25) is 9.69 Å². The Bertz CT molecular complexity index is 565. The number of carbonyl (C=O) groups is 1. The molecule has 150 valence electrons. The van der Waals surface area contributed by atoms with E-state index in [2.05, 4.69) is 10.2 Å². The van der Waals surface area contributed by atoms with Gasteiger partial charge >= 0.3 is 0 Å². The van der Waals surface area contributed by atoms with Crippen LogP contribution in [0.4, 0.5) is 0 Å². The Balaban J connectivity index is 1.54. The van der Waals surface area contributed by atoms with Crippen LogP contribution in [0.3, 0.4) is 0 Å². The minimum Gasteiger partial charge on any atom is -0.381 e. The summed E-state index contributed by atoms with van der Waals surface area (Å²) in [6.07, 6.45) is 8.28. The average molecular weight is 388 g/mol. The molecule has 1 amide bonds. The molecule has 0 bridgehead atoms. The van der Waals surface area contributed by atoms with Crippen LogP contribution < -0.4 is 5.32 Å². The van der Waals surface area contributed by atoms with E-state index in [1.807, 2.05) is 0 Å². The van der Waals surface area contributed by atoms with Gasteiger partial charge < -0.3 is 10.1 Å². The summed E-state index contributed by atoms with van der Waals surface area (Å²) in [5, 5.41) is 3.11. The van der Waals surface area contributed by atoms with Crippen molar-refractivity contribution in [3.05, 3.63) is 0 Å². The summed E-state index contributed by atoms with van der Waals surface area (Å²) < 4.78 is 30.6. The van der Waals surface area contributed by atoms with E-state index in [1.165, 1.54) is 12.7 Å². The second kappa shape index (κ2) is 8.99. The van der Waals surface area contributed by atoms with Gasteiger partial charge in [-0.15, -0.1) is 0 Å². The van der Waals surface area contributed by atoms with Crippen molar-refractivity contribution in [2.24, 2.45) is 5.92 Å². The van der Waals surface area contributed by atoms with Crippen LogP contribution >= 0.6 is 0 Å². The Morgan fingerprint density at radius 1 is 1.08 bits per heavy atom. The Hall–Kier alpha value is -0.700. The first kappa shape index (κ1) is 20.0. The molecule has 2 heterocycles. The predicted molar refractivity (Wildman–Crippen MR) is 100 cm³/mol. The molecule has 2 aliphatic heterocycles. The second-order valence-electron chi connectivity index (χ2n) is 7.89. The molecule has 0 atom stereocenters. The second-order valence-corrected chi connectivity index (χ2v) is 9.88. The zero-order valence-corrected chi connectivity index (χ0v) is 16.7. The highest BCUT2D eigenvalue weighted by Crippen LogP contribution is 2.27. The molecular weight excluding hydrogens is 354 g/mol. The van der Waals surface area contributed by atoms with Crippen molar-refractivity contribution in [2.75, 3.05) is 45.6 Å². The van der Waals surface area contributed by atoms with Crippen LogP contribution in [0.15, 0.2) is 0 Å². The highest BCUT2D eigenvalue weighted by Gasteiger charge is 2.33. The van der Waals surface area contributed by atoms with Crippen LogP contribution in [0, 0.1) is 5.92 Å². The number of piperidine rings is 1. The maximum Gasteiger partial charge on any atom is 0.223 e. The number of hydrogen-bond donors (Lipinski definition) is 1. The minimum atomic E-state index is -3.10. The van der Waals surface area contributed by atoms with Crippen LogP contribution in [0.5, 0.6) is 0 Å².